The minimum absolute atomic E-state index is 0.183. The molecule has 1 aliphatic rings. The molecule has 132 valence electrons. The number of carbonyl (C=O) groups excluding carboxylic acids is 1. The molecule has 0 saturated heterocycles. The highest BCUT2D eigenvalue weighted by Gasteiger charge is 2.46. The fourth-order valence-electron chi connectivity index (χ4n) is 2.37. The van der Waals surface area contributed by atoms with Crippen LogP contribution >= 0.6 is 15.9 Å². The first-order chi connectivity index (χ1) is 11.8. The second-order valence-electron chi connectivity index (χ2n) is 5.01. The van der Waals surface area contributed by atoms with Crippen LogP contribution in [-0.4, -0.2) is 24.2 Å². The summed E-state index contributed by atoms with van der Waals surface area (Å²) in [5.41, 5.74) is 0.664. The van der Waals surface area contributed by atoms with Gasteiger partial charge in [-0.3, -0.25) is 0 Å². The largest absolute Gasteiger partial charge is 0.496 e. The number of methoxy groups -OCH3 is 1. The van der Waals surface area contributed by atoms with Gasteiger partial charge in [0.2, 0.25) is 0 Å². The number of aromatic nitrogens is 1. The predicted octanol–water partition coefficient (Wildman–Crippen LogP) is 3.80. The van der Waals surface area contributed by atoms with Crippen molar-refractivity contribution in [2.45, 2.75) is 12.3 Å². The average Bonchev–Trinajstić information content (AvgIpc) is 2.91. The Morgan fingerprint density at radius 2 is 2.08 bits per heavy atom. The molecule has 3 rings (SSSR count). The van der Waals surface area contributed by atoms with Crippen molar-refractivity contribution in [3.63, 3.8) is 0 Å². The quantitative estimate of drug-likeness (QED) is 0.819. The van der Waals surface area contributed by atoms with Crippen molar-refractivity contribution in [1.29, 1.82) is 0 Å². The number of hydrogen-bond donors (Lipinski definition) is 1. The number of alkyl halides is 3. The normalized spacial score (nSPS) is 16.2. The Balaban J connectivity index is 2.04. The fourth-order valence-corrected chi connectivity index (χ4v) is 2.69. The molecule has 1 aliphatic heterocycles. The monoisotopic (exact) mass is 417 g/mol. The smallest absolute Gasteiger partial charge is 0.493 e. The Bertz CT molecular complexity index is 816. The molecule has 0 bridgehead atoms. The average molecular weight is 418 g/mol. The SMILES string of the molecule is COc1ccccc1C1Nc2ncc(Br)cc2N1OC(=O)C(F)(F)F. The molecule has 0 spiro atoms. The van der Waals surface area contributed by atoms with Gasteiger partial charge in [0.15, 0.2) is 12.0 Å². The summed E-state index contributed by atoms with van der Waals surface area (Å²) in [5, 5.41) is 3.76. The van der Waals surface area contributed by atoms with E-state index >= 15 is 0 Å². The summed E-state index contributed by atoms with van der Waals surface area (Å²) < 4.78 is 43.7. The van der Waals surface area contributed by atoms with Crippen LogP contribution in [0.25, 0.3) is 0 Å². The van der Waals surface area contributed by atoms with Crippen LogP contribution in [0.1, 0.15) is 11.7 Å². The van der Waals surface area contributed by atoms with E-state index in [1.54, 1.807) is 24.3 Å². The molecule has 0 amide bonds. The van der Waals surface area contributed by atoms with Crippen molar-refractivity contribution < 1.29 is 27.5 Å². The van der Waals surface area contributed by atoms with Gasteiger partial charge in [0, 0.05) is 16.2 Å². The zero-order chi connectivity index (χ0) is 18.2. The predicted molar refractivity (Wildman–Crippen MR) is 85.9 cm³/mol. The molecule has 1 aromatic carbocycles. The lowest BCUT2D eigenvalue weighted by Crippen LogP contribution is -2.37. The van der Waals surface area contributed by atoms with E-state index in [0.717, 1.165) is 5.06 Å². The van der Waals surface area contributed by atoms with Gasteiger partial charge in [0.25, 0.3) is 0 Å². The first kappa shape index (κ1) is 17.3. The number of pyridine rings is 1. The Hall–Kier alpha value is -2.49. The minimum atomic E-state index is -5.13. The molecule has 0 saturated carbocycles. The van der Waals surface area contributed by atoms with Gasteiger partial charge in [-0.1, -0.05) is 18.2 Å². The molecule has 1 unspecified atom stereocenters. The molecule has 0 radical (unpaired) electrons. The lowest BCUT2D eigenvalue weighted by molar-refractivity contribution is -0.201. The Morgan fingerprint density at radius 3 is 2.76 bits per heavy atom. The second-order valence-corrected chi connectivity index (χ2v) is 5.93. The third kappa shape index (κ3) is 3.34. The zero-order valence-corrected chi connectivity index (χ0v) is 14.3. The van der Waals surface area contributed by atoms with Gasteiger partial charge in [-0.25, -0.2) is 9.78 Å². The van der Waals surface area contributed by atoms with Crippen LogP contribution < -0.4 is 15.1 Å². The van der Waals surface area contributed by atoms with E-state index in [0.29, 0.717) is 15.8 Å². The first-order valence-corrected chi connectivity index (χ1v) is 7.74. The maximum Gasteiger partial charge on any atom is 0.493 e. The molecule has 25 heavy (non-hydrogen) atoms. The molecule has 2 heterocycles. The molecule has 1 aromatic heterocycles. The summed E-state index contributed by atoms with van der Waals surface area (Å²) in [6.07, 6.45) is -4.59. The Morgan fingerprint density at radius 1 is 1.36 bits per heavy atom. The van der Waals surface area contributed by atoms with Crippen LogP contribution in [0.4, 0.5) is 24.7 Å². The topological polar surface area (TPSA) is 63.7 Å². The van der Waals surface area contributed by atoms with Crippen LogP contribution in [-0.2, 0) is 9.63 Å². The number of nitrogens with one attached hydrogen (secondary N) is 1. The van der Waals surface area contributed by atoms with E-state index < -0.39 is 18.3 Å². The highest BCUT2D eigenvalue weighted by atomic mass is 79.9. The summed E-state index contributed by atoms with van der Waals surface area (Å²) in [7, 11) is 1.43. The van der Waals surface area contributed by atoms with Crippen molar-refractivity contribution in [2.24, 2.45) is 0 Å². The molecule has 0 fully saturated rings. The maximum absolute atomic E-state index is 12.7. The molecule has 0 aliphatic carbocycles. The number of hydroxylamine groups is 1. The van der Waals surface area contributed by atoms with Gasteiger partial charge in [-0.2, -0.15) is 18.2 Å². The number of hydrogen-bond acceptors (Lipinski definition) is 6. The van der Waals surface area contributed by atoms with Crippen LogP contribution in [0.2, 0.25) is 0 Å². The number of benzene rings is 1. The highest BCUT2D eigenvalue weighted by Crippen LogP contribution is 2.43. The van der Waals surface area contributed by atoms with Crippen molar-refractivity contribution in [2.75, 3.05) is 17.5 Å². The molecule has 2 aromatic rings. The molecule has 1 N–H and O–H groups in total. The number of nitrogens with zero attached hydrogens (tertiary/aromatic N) is 2. The molecular weight excluding hydrogens is 407 g/mol. The van der Waals surface area contributed by atoms with Crippen molar-refractivity contribution in [1.82, 2.24) is 4.98 Å². The van der Waals surface area contributed by atoms with E-state index in [9.17, 15) is 18.0 Å². The van der Waals surface area contributed by atoms with E-state index in [1.165, 1.54) is 19.4 Å². The van der Waals surface area contributed by atoms with E-state index in [4.69, 9.17) is 4.74 Å². The van der Waals surface area contributed by atoms with E-state index in [-0.39, 0.29) is 11.5 Å². The summed E-state index contributed by atoms with van der Waals surface area (Å²) in [4.78, 5) is 20.1. The fraction of sp³-hybridized carbons (Fsp3) is 0.200. The Labute approximate surface area is 148 Å². The molecule has 6 nitrogen and oxygen atoms in total. The van der Waals surface area contributed by atoms with Crippen LogP contribution in [0.3, 0.4) is 0 Å². The number of fused-ring (bicyclic) bond motifs is 1. The zero-order valence-electron chi connectivity index (χ0n) is 12.7. The van der Waals surface area contributed by atoms with Gasteiger partial charge in [-0.15, -0.1) is 0 Å². The van der Waals surface area contributed by atoms with Gasteiger partial charge in [-0.05, 0) is 28.1 Å². The number of anilines is 2. The lowest BCUT2D eigenvalue weighted by atomic mass is 10.1. The van der Waals surface area contributed by atoms with Crippen molar-refractivity contribution in [3.05, 3.63) is 46.6 Å². The van der Waals surface area contributed by atoms with Crippen LogP contribution in [0.5, 0.6) is 5.75 Å². The van der Waals surface area contributed by atoms with Gasteiger partial charge in [0.05, 0.1) is 7.11 Å². The summed E-state index contributed by atoms with van der Waals surface area (Å²) in [6.45, 7) is 0. The van der Waals surface area contributed by atoms with E-state index in [1.807, 2.05) is 0 Å². The molecule has 1 atom stereocenters. The van der Waals surface area contributed by atoms with Gasteiger partial charge >= 0.3 is 12.1 Å². The number of rotatable bonds is 3. The van der Waals surface area contributed by atoms with Crippen molar-refractivity contribution in [3.8, 4) is 5.75 Å². The summed E-state index contributed by atoms with van der Waals surface area (Å²) in [5.74, 6) is -1.64. The lowest BCUT2D eigenvalue weighted by Gasteiger charge is -2.26. The Kier molecular flexibility index (Phi) is 4.46. The van der Waals surface area contributed by atoms with Gasteiger partial charge < -0.3 is 14.9 Å². The third-order valence-electron chi connectivity index (χ3n) is 3.43. The number of para-hydroxylation sites is 1. The number of halogens is 4. The first-order valence-electron chi connectivity index (χ1n) is 6.94. The van der Waals surface area contributed by atoms with Gasteiger partial charge in [0.1, 0.15) is 11.4 Å². The number of carbonyl (C=O) groups is 1. The highest BCUT2D eigenvalue weighted by molar-refractivity contribution is 9.10. The minimum Gasteiger partial charge on any atom is -0.496 e. The van der Waals surface area contributed by atoms with Crippen molar-refractivity contribution >= 4 is 33.4 Å². The summed E-state index contributed by atoms with van der Waals surface area (Å²) >= 11 is 3.20. The van der Waals surface area contributed by atoms with Crippen LogP contribution in [0, 0.1) is 0 Å². The second kappa shape index (κ2) is 6.43. The third-order valence-corrected chi connectivity index (χ3v) is 3.86. The number of ether oxygens (including phenoxy) is 1. The van der Waals surface area contributed by atoms with E-state index in [2.05, 4.69) is 31.1 Å². The molecular formula is C15H11BrF3N3O3. The summed E-state index contributed by atoms with van der Waals surface area (Å²) in [6, 6.07) is 8.19. The maximum atomic E-state index is 12.7. The molecule has 10 heteroatoms. The standard InChI is InChI=1S/C15H11BrF3N3O3/c1-24-11-5-3-2-4-9(11)13-21-12-10(6-8(16)7-20-12)22(13)25-14(23)15(17,18)19/h2-7,13H,1H3,(H,20,21). The van der Waals surface area contributed by atoms with Crippen LogP contribution in [0.15, 0.2) is 41.0 Å².